The van der Waals surface area contributed by atoms with Crippen molar-refractivity contribution in [3.8, 4) is 5.75 Å². The summed E-state index contributed by atoms with van der Waals surface area (Å²) in [6, 6.07) is 7.68. The number of ether oxygens (including phenoxy) is 1. The van der Waals surface area contributed by atoms with Gasteiger partial charge >= 0.3 is 0 Å². The largest absolute Gasteiger partial charge is 0.496 e. The third-order valence-electron chi connectivity index (χ3n) is 3.06. The molecule has 0 spiro atoms. The maximum absolute atomic E-state index is 5.72. The maximum Gasteiger partial charge on any atom is 0.125 e. The Morgan fingerprint density at radius 2 is 2.11 bits per heavy atom. The zero-order chi connectivity index (χ0) is 13.8. The molecule has 2 rings (SSSR count). The lowest BCUT2D eigenvalue weighted by Crippen LogP contribution is -2.29. The van der Waals surface area contributed by atoms with Crippen LogP contribution in [0.2, 0.25) is 0 Å². The van der Waals surface area contributed by atoms with Gasteiger partial charge in [-0.1, -0.05) is 22.0 Å². The highest BCUT2D eigenvalue weighted by atomic mass is 79.9. The van der Waals surface area contributed by atoms with Gasteiger partial charge in [0.15, 0.2) is 0 Å². The van der Waals surface area contributed by atoms with Crippen molar-refractivity contribution in [3.63, 3.8) is 0 Å². The second kappa shape index (κ2) is 6.14. The van der Waals surface area contributed by atoms with Crippen LogP contribution < -0.4 is 16.0 Å². The average molecular weight is 322 g/mol. The fraction of sp³-hybridized carbons (Fsp3) is 0.214. The van der Waals surface area contributed by atoms with Gasteiger partial charge in [0.25, 0.3) is 0 Å². The third kappa shape index (κ3) is 2.94. The molecule has 0 aliphatic carbocycles. The Morgan fingerprint density at radius 1 is 1.32 bits per heavy atom. The second-order valence-electron chi connectivity index (χ2n) is 4.22. The topological polar surface area (TPSA) is 60.2 Å². The Labute approximate surface area is 121 Å². The molecule has 1 atom stereocenters. The number of pyridine rings is 1. The Kier molecular flexibility index (Phi) is 4.52. The molecule has 0 saturated carbocycles. The van der Waals surface area contributed by atoms with Crippen LogP contribution in [0.5, 0.6) is 5.75 Å². The van der Waals surface area contributed by atoms with E-state index >= 15 is 0 Å². The van der Waals surface area contributed by atoms with Crippen LogP contribution in [0, 0.1) is 6.92 Å². The van der Waals surface area contributed by atoms with Gasteiger partial charge in [0, 0.05) is 22.4 Å². The van der Waals surface area contributed by atoms with E-state index in [2.05, 4.69) is 26.3 Å². The Hall–Kier alpha value is -1.43. The van der Waals surface area contributed by atoms with Gasteiger partial charge < -0.3 is 4.74 Å². The highest BCUT2D eigenvalue weighted by Gasteiger charge is 2.19. The minimum absolute atomic E-state index is 0.156. The number of hydrogen-bond acceptors (Lipinski definition) is 4. The summed E-state index contributed by atoms with van der Waals surface area (Å²) in [5.74, 6) is 6.50. The van der Waals surface area contributed by atoms with Gasteiger partial charge in [-0.05, 0) is 36.2 Å². The fourth-order valence-corrected chi connectivity index (χ4v) is 2.39. The highest BCUT2D eigenvalue weighted by Crippen LogP contribution is 2.32. The van der Waals surface area contributed by atoms with Crippen LogP contribution in [0.4, 0.5) is 0 Å². The van der Waals surface area contributed by atoms with Crippen molar-refractivity contribution in [3.05, 3.63) is 57.8 Å². The number of hydrogen-bond donors (Lipinski definition) is 2. The monoisotopic (exact) mass is 321 g/mol. The zero-order valence-corrected chi connectivity index (χ0v) is 12.4. The van der Waals surface area contributed by atoms with Crippen molar-refractivity contribution in [1.29, 1.82) is 0 Å². The van der Waals surface area contributed by atoms with Crippen LogP contribution >= 0.6 is 15.9 Å². The molecule has 1 aromatic heterocycles. The van der Waals surface area contributed by atoms with Gasteiger partial charge in [-0.2, -0.15) is 0 Å². The minimum atomic E-state index is -0.156. The quantitative estimate of drug-likeness (QED) is 0.671. The molecule has 4 nitrogen and oxygen atoms in total. The number of rotatable bonds is 4. The summed E-state index contributed by atoms with van der Waals surface area (Å²) in [5, 5.41) is 0. The summed E-state index contributed by atoms with van der Waals surface area (Å²) in [5.41, 5.74) is 5.97. The zero-order valence-electron chi connectivity index (χ0n) is 10.9. The van der Waals surface area contributed by atoms with Crippen LogP contribution in [0.15, 0.2) is 41.1 Å². The predicted octanol–water partition coefficient (Wildman–Crippen LogP) is 2.71. The number of nitrogens with one attached hydrogen (secondary N) is 1. The summed E-state index contributed by atoms with van der Waals surface area (Å²) in [7, 11) is 1.65. The standard InChI is InChI=1S/C14H16BrN3O/c1-9-5-6-17-8-12(9)14(18-16)11-4-3-10(15)7-13(11)19-2/h3-8,14,18H,16H2,1-2H3. The van der Waals surface area contributed by atoms with Gasteiger partial charge in [0.05, 0.1) is 13.2 Å². The summed E-state index contributed by atoms with van der Waals surface area (Å²) in [4.78, 5) is 4.17. The third-order valence-corrected chi connectivity index (χ3v) is 3.56. The molecule has 2 aromatic rings. The van der Waals surface area contributed by atoms with E-state index in [1.807, 2.05) is 37.4 Å². The number of methoxy groups -OCH3 is 1. The molecule has 0 fully saturated rings. The summed E-state index contributed by atoms with van der Waals surface area (Å²) >= 11 is 3.43. The molecule has 0 aliphatic rings. The summed E-state index contributed by atoms with van der Waals surface area (Å²) in [6.07, 6.45) is 3.59. The molecule has 0 radical (unpaired) electrons. The predicted molar refractivity (Wildman–Crippen MR) is 78.8 cm³/mol. The number of aryl methyl sites for hydroxylation is 1. The first-order valence-corrected chi connectivity index (χ1v) is 6.66. The lowest BCUT2D eigenvalue weighted by Gasteiger charge is -2.21. The number of aromatic nitrogens is 1. The number of benzene rings is 1. The first-order chi connectivity index (χ1) is 9.17. The first kappa shape index (κ1) is 14.0. The molecule has 1 unspecified atom stereocenters. The van der Waals surface area contributed by atoms with Gasteiger partial charge in [0.2, 0.25) is 0 Å². The molecule has 1 heterocycles. The lowest BCUT2D eigenvalue weighted by molar-refractivity contribution is 0.404. The van der Waals surface area contributed by atoms with Gasteiger partial charge in [-0.25, -0.2) is 5.43 Å². The molecular weight excluding hydrogens is 306 g/mol. The van der Waals surface area contributed by atoms with E-state index in [1.165, 1.54) is 0 Å². The van der Waals surface area contributed by atoms with Crippen molar-refractivity contribution in [2.45, 2.75) is 13.0 Å². The number of halogens is 1. The molecule has 19 heavy (non-hydrogen) atoms. The van der Waals surface area contributed by atoms with E-state index in [-0.39, 0.29) is 6.04 Å². The van der Waals surface area contributed by atoms with Crippen molar-refractivity contribution in [1.82, 2.24) is 10.4 Å². The molecule has 1 aromatic carbocycles. The molecule has 0 saturated heterocycles. The molecular formula is C14H16BrN3O. The minimum Gasteiger partial charge on any atom is -0.496 e. The van der Waals surface area contributed by atoms with E-state index < -0.39 is 0 Å². The highest BCUT2D eigenvalue weighted by molar-refractivity contribution is 9.10. The van der Waals surface area contributed by atoms with Crippen molar-refractivity contribution in [2.24, 2.45) is 5.84 Å². The second-order valence-corrected chi connectivity index (χ2v) is 5.13. The maximum atomic E-state index is 5.72. The van der Waals surface area contributed by atoms with Crippen LogP contribution in [-0.4, -0.2) is 12.1 Å². The number of nitrogens with two attached hydrogens (primary N) is 1. The van der Waals surface area contributed by atoms with Crippen LogP contribution in [0.25, 0.3) is 0 Å². The molecule has 0 bridgehead atoms. The summed E-state index contributed by atoms with van der Waals surface area (Å²) < 4.78 is 6.39. The average Bonchev–Trinajstić information content (AvgIpc) is 2.43. The Morgan fingerprint density at radius 3 is 2.74 bits per heavy atom. The lowest BCUT2D eigenvalue weighted by atomic mass is 9.96. The normalized spacial score (nSPS) is 12.2. The Balaban J connectivity index is 2.51. The van der Waals surface area contributed by atoms with Crippen LogP contribution in [0.3, 0.4) is 0 Å². The van der Waals surface area contributed by atoms with Crippen molar-refractivity contribution >= 4 is 15.9 Å². The number of hydrazine groups is 1. The number of nitrogens with zero attached hydrogens (tertiary/aromatic N) is 1. The van der Waals surface area contributed by atoms with Crippen molar-refractivity contribution < 1.29 is 4.74 Å². The van der Waals surface area contributed by atoms with Crippen LogP contribution in [0.1, 0.15) is 22.7 Å². The van der Waals surface area contributed by atoms with E-state index in [0.29, 0.717) is 0 Å². The van der Waals surface area contributed by atoms with E-state index in [9.17, 15) is 0 Å². The van der Waals surface area contributed by atoms with E-state index in [0.717, 1.165) is 26.9 Å². The van der Waals surface area contributed by atoms with E-state index in [4.69, 9.17) is 10.6 Å². The SMILES string of the molecule is COc1cc(Br)ccc1C(NN)c1cnccc1C. The summed E-state index contributed by atoms with van der Waals surface area (Å²) in [6.45, 7) is 2.03. The molecule has 0 aliphatic heterocycles. The van der Waals surface area contributed by atoms with Gasteiger partial charge in [-0.3, -0.25) is 10.8 Å². The van der Waals surface area contributed by atoms with Gasteiger partial charge in [0.1, 0.15) is 5.75 Å². The molecule has 3 N–H and O–H groups in total. The first-order valence-electron chi connectivity index (χ1n) is 5.87. The van der Waals surface area contributed by atoms with Crippen molar-refractivity contribution in [2.75, 3.05) is 7.11 Å². The van der Waals surface area contributed by atoms with Crippen LogP contribution in [-0.2, 0) is 0 Å². The molecule has 5 heteroatoms. The smallest absolute Gasteiger partial charge is 0.125 e. The Bertz CT molecular complexity index is 574. The van der Waals surface area contributed by atoms with E-state index in [1.54, 1.807) is 13.3 Å². The molecule has 100 valence electrons. The fourth-order valence-electron chi connectivity index (χ4n) is 2.05. The molecule has 0 amide bonds. The van der Waals surface area contributed by atoms with Gasteiger partial charge in [-0.15, -0.1) is 0 Å².